The highest BCUT2D eigenvalue weighted by atomic mass is 79.9. The molecule has 3 nitrogen and oxygen atoms in total. The van der Waals surface area contributed by atoms with E-state index in [1.165, 1.54) is 5.56 Å². The highest BCUT2D eigenvalue weighted by Gasteiger charge is 2.06. The first kappa shape index (κ1) is 11.9. The number of benzene rings is 1. The maximum absolute atomic E-state index is 4.29. The average Bonchev–Trinajstić information content (AvgIpc) is 2.74. The minimum atomic E-state index is 0.701. The molecule has 0 radical (unpaired) electrons. The summed E-state index contributed by atoms with van der Waals surface area (Å²) in [5.74, 6) is 0.829. The second-order valence-electron chi connectivity index (χ2n) is 3.72. The Bertz CT molecular complexity index is 531. The summed E-state index contributed by atoms with van der Waals surface area (Å²) in [6, 6.07) is 6.19. The summed E-state index contributed by atoms with van der Waals surface area (Å²) in [5.41, 5.74) is 2.32. The fourth-order valence-corrected chi connectivity index (χ4v) is 2.16. The minimum Gasteiger partial charge on any atom is -0.352 e. The molecule has 2 aromatic rings. The van der Waals surface area contributed by atoms with Crippen LogP contribution in [0.1, 0.15) is 5.56 Å². The van der Waals surface area contributed by atoms with Gasteiger partial charge in [-0.1, -0.05) is 22.0 Å². The highest BCUT2D eigenvalue weighted by Crippen LogP contribution is 2.21. The van der Waals surface area contributed by atoms with Gasteiger partial charge in [0.1, 0.15) is 0 Å². The second kappa shape index (κ2) is 5.19. The molecule has 1 N–H and O–H groups in total. The first-order valence-corrected chi connectivity index (χ1v) is 6.16. The Hall–Kier alpha value is -1.55. The Labute approximate surface area is 109 Å². The van der Waals surface area contributed by atoms with Gasteiger partial charge in [0.05, 0.1) is 5.69 Å². The van der Waals surface area contributed by atoms with Crippen molar-refractivity contribution >= 4 is 21.9 Å². The van der Waals surface area contributed by atoms with Gasteiger partial charge in [-0.15, -0.1) is 6.58 Å². The zero-order valence-corrected chi connectivity index (χ0v) is 11.2. The van der Waals surface area contributed by atoms with Gasteiger partial charge in [0.2, 0.25) is 5.95 Å². The molecule has 0 aliphatic rings. The van der Waals surface area contributed by atoms with E-state index in [9.17, 15) is 0 Å². The normalized spacial score (nSPS) is 10.2. The van der Waals surface area contributed by atoms with E-state index in [1.807, 2.05) is 22.9 Å². The summed E-state index contributed by atoms with van der Waals surface area (Å²) in [6.45, 7) is 6.47. The predicted molar refractivity (Wildman–Crippen MR) is 74.7 cm³/mol. The number of aryl methyl sites for hydroxylation is 1. The molecular formula is C13H14BrN3. The van der Waals surface area contributed by atoms with E-state index in [2.05, 4.69) is 51.9 Å². The lowest BCUT2D eigenvalue weighted by Gasteiger charge is -2.11. The molecule has 0 aliphatic heterocycles. The smallest absolute Gasteiger partial charge is 0.207 e. The van der Waals surface area contributed by atoms with Gasteiger partial charge in [0.15, 0.2) is 0 Å². The molecule has 0 unspecified atom stereocenters. The summed E-state index contributed by atoms with van der Waals surface area (Å²) in [5, 5.41) is 3.21. The van der Waals surface area contributed by atoms with Crippen LogP contribution >= 0.6 is 15.9 Å². The van der Waals surface area contributed by atoms with Crippen LogP contribution in [0, 0.1) is 6.92 Å². The standard InChI is InChI=1S/C13H14BrN3/c1-3-6-15-13-16-7-8-17(13)12-5-4-11(14)9-10(12)2/h3-5,7-9H,1,6H2,2H3,(H,15,16). The quantitative estimate of drug-likeness (QED) is 0.873. The lowest BCUT2D eigenvalue weighted by atomic mass is 10.2. The van der Waals surface area contributed by atoms with Crippen LogP contribution in [0.3, 0.4) is 0 Å². The van der Waals surface area contributed by atoms with Gasteiger partial charge in [0.25, 0.3) is 0 Å². The summed E-state index contributed by atoms with van der Waals surface area (Å²) in [7, 11) is 0. The van der Waals surface area contributed by atoms with Gasteiger partial charge in [-0.2, -0.15) is 0 Å². The van der Waals surface area contributed by atoms with Crippen LogP contribution in [0.4, 0.5) is 5.95 Å². The Morgan fingerprint density at radius 2 is 2.35 bits per heavy atom. The molecule has 1 heterocycles. The van der Waals surface area contributed by atoms with E-state index >= 15 is 0 Å². The van der Waals surface area contributed by atoms with Crippen molar-refractivity contribution in [3.05, 3.63) is 53.3 Å². The summed E-state index contributed by atoms with van der Waals surface area (Å²) in [6.07, 6.45) is 5.54. The molecule has 0 spiro atoms. The fourth-order valence-electron chi connectivity index (χ4n) is 1.68. The van der Waals surface area contributed by atoms with Gasteiger partial charge in [0, 0.05) is 23.4 Å². The zero-order chi connectivity index (χ0) is 12.3. The SMILES string of the molecule is C=CCNc1nccn1-c1ccc(Br)cc1C. The van der Waals surface area contributed by atoms with E-state index in [4.69, 9.17) is 0 Å². The Morgan fingerprint density at radius 1 is 1.53 bits per heavy atom. The second-order valence-corrected chi connectivity index (χ2v) is 4.64. The molecule has 1 aromatic carbocycles. The average molecular weight is 292 g/mol. The van der Waals surface area contributed by atoms with Crippen LogP contribution in [0.25, 0.3) is 5.69 Å². The van der Waals surface area contributed by atoms with Crippen molar-refractivity contribution in [3.8, 4) is 5.69 Å². The Morgan fingerprint density at radius 3 is 3.06 bits per heavy atom. The number of halogens is 1. The van der Waals surface area contributed by atoms with Crippen LogP contribution in [0.2, 0.25) is 0 Å². The van der Waals surface area contributed by atoms with Crippen LogP contribution in [0.5, 0.6) is 0 Å². The molecular weight excluding hydrogens is 278 g/mol. The molecule has 0 atom stereocenters. The van der Waals surface area contributed by atoms with E-state index in [0.29, 0.717) is 6.54 Å². The number of imidazole rings is 1. The van der Waals surface area contributed by atoms with Gasteiger partial charge in [-0.05, 0) is 30.7 Å². The molecule has 88 valence electrons. The minimum absolute atomic E-state index is 0.701. The van der Waals surface area contributed by atoms with E-state index in [0.717, 1.165) is 16.1 Å². The van der Waals surface area contributed by atoms with Crippen LogP contribution in [-0.4, -0.2) is 16.1 Å². The number of nitrogens with one attached hydrogen (secondary N) is 1. The first-order chi connectivity index (χ1) is 8.22. The highest BCUT2D eigenvalue weighted by molar-refractivity contribution is 9.10. The number of rotatable bonds is 4. The molecule has 0 amide bonds. The summed E-state index contributed by atoms with van der Waals surface area (Å²) < 4.78 is 3.12. The van der Waals surface area contributed by atoms with Crippen LogP contribution in [0.15, 0.2) is 47.7 Å². The molecule has 4 heteroatoms. The van der Waals surface area contributed by atoms with Gasteiger partial charge < -0.3 is 5.32 Å². The Kier molecular flexibility index (Phi) is 3.64. The number of aromatic nitrogens is 2. The molecule has 0 saturated carbocycles. The summed E-state index contributed by atoms with van der Waals surface area (Å²) in [4.78, 5) is 4.29. The van der Waals surface area contributed by atoms with Crippen molar-refractivity contribution in [1.29, 1.82) is 0 Å². The van der Waals surface area contributed by atoms with Crippen molar-refractivity contribution < 1.29 is 0 Å². The maximum atomic E-state index is 4.29. The molecule has 0 saturated heterocycles. The number of nitrogens with zero attached hydrogens (tertiary/aromatic N) is 2. The molecule has 0 aliphatic carbocycles. The monoisotopic (exact) mass is 291 g/mol. The van der Waals surface area contributed by atoms with Crippen LogP contribution < -0.4 is 5.32 Å². The lowest BCUT2D eigenvalue weighted by Crippen LogP contribution is -2.06. The molecule has 2 rings (SSSR count). The van der Waals surface area contributed by atoms with Crippen molar-refractivity contribution in [1.82, 2.24) is 9.55 Å². The third-order valence-electron chi connectivity index (χ3n) is 2.46. The van der Waals surface area contributed by atoms with Crippen LogP contribution in [-0.2, 0) is 0 Å². The third kappa shape index (κ3) is 2.58. The number of hydrogen-bond donors (Lipinski definition) is 1. The molecule has 0 fully saturated rings. The molecule has 0 bridgehead atoms. The molecule has 17 heavy (non-hydrogen) atoms. The van der Waals surface area contributed by atoms with E-state index in [-0.39, 0.29) is 0 Å². The predicted octanol–water partition coefficient (Wildman–Crippen LogP) is 3.54. The van der Waals surface area contributed by atoms with Crippen molar-refractivity contribution in [3.63, 3.8) is 0 Å². The Balaban J connectivity index is 2.38. The topological polar surface area (TPSA) is 29.9 Å². The number of anilines is 1. The van der Waals surface area contributed by atoms with E-state index < -0.39 is 0 Å². The van der Waals surface area contributed by atoms with Gasteiger partial charge in [-0.3, -0.25) is 4.57 Å². The van der Waals surface area contributed by atoms with Crippen molar-refractivity contribution in [2.24, 2.45) is 0 Å². The molecule has 1 aromatic heterocycles. The van der Waals surface area contributed by atoms with Gasteiger partial charge >= 0.3 is 0 Å². The van der Waals surface area contributed by atoms with Gasteiger partial charge in [-0.25, -0.2) is 4.98 Å². The third-order valence-corrected chi connectivity index (χ3v) is 2.96. The first-order valence-electron chi connectivity index (χ1n) is 5.37. The summed E-state index contributed by atoms with van der Waals surface area (Å²) >= 11 is 3.47. The fraction of sp³-hybridized carbons (Fsp3) is 0.154. The zero-order valence-electron chi connectivity index (χ0n) is 9.65. The largest absolute Gasteiger partial charge is 0.352 e. The van der Waals surface area contributed by atoms with E-state index in [1.54, 1.807) is 6.20 Å². The van der Waals surface area contributed by atoms with Crippen molar-refractivity contribution in [2.45, 2.75) is 6.92 Å². The van der Waals surface area contributed by atoms with Crippen molar-refractivity contribution in [2.75, 3.05) is 11.9 Å². The lowest BCUT2D eigenvalue weighted by molar-refractivity contribution is 1.02. The number of hydrogen-bond acceptors (Lipinski definition) is 2. The maximum Gasteiger partial charge on any atom is 0.207 e.